The van der Waals surface area contributed by atoms with Crippen LogP contribution in [0.2, 0.25) is 0 Å². The van der Waals surface area contributed by atoms with Crippen LogP contribution in [0.3, 0.4) is 0 Å². The fourth-order valence-electron chi connectivity index (χ4n) is 3.21. The van der Waals surface area contributed by atoms with Crippen LogP contribution in [0.4, 0.5) is 0 Å². The minimum Gasteiger partial charge on any atom is -0.356 e. The van der Waals surface area contributed by atoms with Gasteiger partial charge in [-0.2, -0.15) is 5.10 Å². The average Bonchev–Trinajstić information content (AvgIpc) is 3.14. The van der Waals surface area contributed by atoms with E-state index in [-0.39, 0.29) is 29.9 Å². The van der Waals surface area contributed by atoms with Crippen molar-refractivity contribution in [2.75, 3.05) is 26.7 Å². The summed E-state index contributed by atoms with van der Waals surface area (Å²) < 4.78 is 1.92. The Bertz CT molecular complexity index is 514. The second kappa shape index (κ2) is 13.8. The summed E-state index contributed by atoms with van der Waals surface area (Å²) in [6, 6.07) is 1.93. The van der Waals surface area contributed by atoms with Crippen LogP contribution < -0.4 is 16.0 Å². The van der Waals surface area contributed by atoms with E-state index in [2.05, 4.69) is 26.0 Å². The molecule has 26 heavy (non-hydrogen) atoms. The highest BCUT2D eigenvalue weighted by Gasteiger charge is 2.16. The van der Waals surface area contributed by atoms with Crippen molar-refractivity contribution in [1.82, 2.24) is 25.7 Å². The molecule has 1 amide bonds. The molecule has 8 heteroatoms. The van der Waals surface area contributed by atoms with Gasteiger partial charge < -0.3 is 16.0 Å². The van der Waals surface area contributed by atoms with Crippen molar-refractivity contribution in [3.05, 3.63) is 18.5 Å². The molecule has 1 aliphatic rings. The highest BCUT2D eigenvalue weighted by Crippen LogP contribution is 2.25. The summed E-state index contributed by atoms with van der Waals surface area (Å²) in [4.78, 5) is 16.1. The number of halogens is 1. The second-order valence-electron chi connectivity index (χ2n) is 6.61. The normalized spacial score (nSPS) is 15.2. The summed E-state index contributed by atoms with van der Waals surface area (Å²) in [6.07, 6.45) is 11.7. The number of carbonyl (C=O) groups is 1. The number of rotatable bonds is 9. The molecule has 0 spiro atoms. The third-order valence-electron chi connectivity index (χ3n) is 4.58. The largest absolute Gasteiger partial charge is 0.356 e. The zero-order chi connectivity index (χ0) is 17.7. The van der Waals surface area contributed by atoms with E-state index in [0.29, 0.717) is 25.4 Å². The number of amides is 1. The number of aryl methyl sites for hydroxylation is 1. The van der Waals surface area contributed by atoms with Gasteiger partial charge in [0.1, 0.15) is 0 Å². The Morgan fingerprint density at radius 3 is 2.58 bits per heavy atom. The maximum atomic E-state index is 12.0. The van der Waals surface area contributed by atoms with Crippen LogP contribution >= 0.6 is 24.0 Å². The molecule has 1 heterocycles. The quantitative estimate of drug-likeness (QED) is 0.221. The Labute approximate surface area is 173 Å². The van der Waals surface area contributed by atoms with E-state index in [1.807, 2.05) is 16.9 Å². The van der Waals surface area contributed by atoms with Gasteiger partial charge in [0, 0.05) is 52.0 Å². The van der Waals surface area contributed by atoms with E-state index in [9.17, 15) is 4.79 Å². The molecule has 0 aromatic carbocycles. The summed E-state index contributed by atoms with van der Waals surface area (Å²) in [5, 5.41) is 13.7. The molecule has 0 unspecified atom stereocenters. The average molecular weight is 476 g/mol. The van der Waals surface area contributed by atoms with Gasteiger partial charge in [-0.3, -0.25) is 14.5 Å². The standard InChI is InChI=1S/C18H32N6O.HI/c1-19-18(21-9-5-13-24-14-6-10-23-24)22-12-11-20-17(25)15-16-7-3-2-4-8-16;/h6,10,14,16H,2-5,7-9,11-13,15H2,1H3,(H,20,25)(H2,19,21,22);1H. The van der Waals surface area contributed by atoms with Crippen molar-refractivity contribution in [2.45, 2.75) is 51.5 Å². The van der Waals surface area contributed by atoms with Crippen LogP contribution in [0, 0.1) is 5.92 Å². The summed E-state index contributed by atoms with van der Waals surface area (Å²) >= 11 is 0. The number of nitrogens with one attached hydrogen (secondary N) is 3. The van der Waals surface area contributed by atoms with Crippen LogP contribution in [-0.2, 0) is 11.3 Å². The number of hydrogen-bond donors (Lipinski definition) is 3. The zero-order valence-electron chi connectivity index (χ0n) is 15.7. The summed E-state index contributed by atoms with van der Waals surface area (Å²) in [6.45, 7) is 3.01. The summed E-state index contributed by atoms with van der Waals surface area (Å²) in [7, 11) is 1.75. The van der Waals surface area contributed by atoms with E-state index < -0.39 is 0 Å². The summed E-state index contributed by atoms with van der Waals surface area (Å²) in [5.74, 6) is 1.53. The highest BCUT2D eigenvalue weighted by atomic mass is 127. The number of guanidine groups is 1. The van der Waals surface area contributed by atoms with Crippen molar-refractivity contribution in [3.8, 4) is 0 Å². The lowest BCUT2D eigenvalue weighted by Gasteiger charge is -2.20. The molecule has 148 valence electrons. The topological polar surface area (TPSA) is 83.3 Å². The lowest BCUT2D eigenvalue weighted by molar-refractivity contribution is -0.122. The number of hydrogen-bond acceptors (Lipinski definition) is 3. The first-order valence-electron chi connectivity index (χ1n) is 9.46. The fourth-order valence-corrected chi connectivity index (χ4v) is 3.21. The Hall–Kier alpha value is -1.32. The molecule has 1 saturated carbocycles. The Morgan fingerprint density at radius 2 is 1.88 bits per heavy atom. The molecule has 3 N–H and O–H groups in total. The molecule has 1 fully saturated rings. The fraction of sp³-hybridized carbons (Fsp3) is 0.722. The molecule has 0 bridgehead atoms. The Morgan fingerprint density at radius 1 is 1.15 bits per heavy atom. The van der Waals surface area contributed by atoms with Gasteiger partial charge in [-0.1, -0.05) is 19.3 Å². The van der Waals surface area contributed by atoms with Crippen molar-refractivity contribution < 1.29 is 4.79 Å². The van der Waals surface area contributed by atoms with Crippen molar-refractivity contribution >= 4 is 35.8 Å². The predicted molar refractivity (Wildman–Crippen MR) is 116 cm³/mol. The molecule has 0 atom stereocenters. The van der Waals surface area contributed by atoms with Gasteiger partial charge in [-0.05, 0) is 31.2 Å². The van der Waals surface area contributed by atoms with E-state index in [0.717, 1.165) is 25.5 Å². The van der Waals surface area contributed by atoms with Crippen LogP contribution in [0.25, 0.3) is 0 Å². The van der Waals surface area contributed by atoms with E-state index in [4.69, 9.17) is 0 Å². The SMILES string of the molecule is CN=C(NCCCn1cccn1)NCCNC(=O)CC1CCCCC1.I. The smallest absolute Gasteiger partial charge is 0.220 e. The van der Waals surface area contributed by atoms with E-state index in [1.54, 1.807) is 13.2 Å². The van der Waals surface area contributed by atoms with Gasteiger partial charge in [0.05, 0.1) is 0 Å². The number of nitrogens with zero attached hydrogens (tertiary/aromatic N) is 3. The van der Waals surface area contributed by atoms with Crippen molar-refractivity contribution in [1.29, 1.82) is 0 Å². The first-order valence-corrected chi connectivity index (χ1v) is 9.46. The van der Waals surface area contributed by atoms with Crippen LogP contribution in [0.15, 0.2) is 23.5 Å². The molecule has 0 aliphatic heterocycles. The van der Waals surface area contributed by atoms with Gasteiger partial charge in [0.15, 0.2) is 5.96 Å². The van der Waals surface area contributed by atoms with Crippen molar-refractivity contribution in [2.24, 2.45) is 10.9 Å². The zero-order valence-corrected chi connectivity index (χ0v) is 18.1. The highest BCUT2D eigenvalue weighted by molar-refractivity contribution is 14.0. The maximum absolute atomic E-state index is 12.0. The Balaban J connectivity index is 0.00000338. The molecule has 0 saturated heterocycles. The molecule has 7 nitrogen and oxygen atoms in total. The minimum absolute atomic E-state index is 0. The molecule has 1 aromatic heterocycles. The first kappa shape index (κ1) is 22.7. The third kappa shape index (κ3) is 9.40. The lowest BCUT2D eigenvalue weighted by Crippen LogP contribution is -2.42. The van der Waals surface area contributed by atoms with Gasteiger partial charge in [-0.15, -0.1) is 24.0 Å². The van der Waals surface area contributed by atoms with Gasteiger partial charge in [0.2, 0.25) is 5.91 Å². The van der Waals surface area contributed by atoms with Gasteiger partial charge in [0.25, 0.3) is 0 Å². The number of carbonyl (C=O) groups excluding carboxylic acids is 1. The van der Waals surface area contributed by atoms with Gasteiger partial charge in [-0.25, -0.2) is 0 Å². The van der Waals surface area contributed by atoms with Crippen molar-refractivity contribution in [3.63, 3.8) is 0 Å². The molecular weight excluding hydrogens is 443 g/mol. The summed E-state index contributed by atoms with van der Waals surface area (Å²) in [5.41, 5.74) is 0. The molecule has 0 radical (unpaired) electrons. The Kier molecular flexibility index (Phi) is 12.1. The predicted octanol–water partition coefficient (Wildman–Crippen LogP) is 2.14. The molecular formula is C18H33IN6O. The minimum atomic E-state index is 0. The maximum Gasteiger partial charge on any atom is 0.220 e. The second-order valence-corrected chi connectivity index (χ2v) is 6.61. The number of aliphatic imine (C=N–C) groups is 1. The molecule has 1 aromatic rings. The third-order valence-corrected chi connectivity index (χ3v) is 4.58. The van der Waals surface area contributed by atoms with Crippen LogP contribution in [0.1, 0.15) is 44.9 Å². The first-order chi connectivity index (χ1) is 12.3. The van der Waals surface area contributed by atoms with Crippen LogP contribution in [0.5, 0.6) is 0 Å². The number of aromatic nitrogens is 2. The lowest BCUT2D eigenvalue weighted by atomic mass is 9.87. The van der Waals surface area contributed by atoms with Crippen LogP contribution in [-0.4, -0.2) is 48.3 Å². The molecule has 2 rings (SSSR count). The van der Waals surface area contributed by atoms with Gasteiger partial charge >= 0.3 is 0 Å². The van der Waals surface area contributed by atoms with E-state index in [1.165, 1.54) is 32.1 Å². The molecule has 1 aliphatic carbocycles. The van der Waals surface area contributed by atoms with E-state index >= 15 is 0 Å². The monoisotopic (exact) mass is 476 g/mol.